The topological polar surface area (TPSA) is 66.5 Å². The molecule has 3 rings (SSSR count). The van der Waals surface area contributed by atoms with Gasteiger partial charge in [0, 0.05) is 18.7 Å². The van der Waals surface area contributed by atoms with Gasteiger partial charge in [-0.15, -0.1) is 0 Å². The van der Waals surface area contributed by atoms with Crippen molar-refractivity contribution in [2.75, 3.05) is 12.4 Å². The number of nitrogens with one attached hydrogen (secondary N) is 1. The predicted molar refractivity (Wildman–Crippen MR) is 78.0 cm³/mol. The zero-order chi connectivity index (χ0) is 15.0. The van der Waals surface area contributed by atoms with E-state index in [9.17, 15) is 14.4 Å². The lowest BCUT2D eigenvalue weighted by atomic mass is 9.93. The molecule has 5 heteroatoms. The minimum Gasteiger partial charge on any atom is -0.326 e. The van der Waals surface area contributed by atoms with Crippen molar-refractivity contribution in [2.24, 2.45) is 5.92 Å². The van der Waals surface area contributed by atoms with Crippen LogP contribution in [0.15, 0.2) is 30.4 Å². The van der Waals surface area contributed by atoms with Crippen molar-refractivity contribution in [1.29, 1.82) is 0 Å². The molecule has 0 fully saturated rings. The lowest BCUT2D eigenvalue weighted by Gasteiger charge is -2.17. The average molecular weight is 284 g/mol. The maximum absolute atomic E-state index is 12.2. The second-order valence-electron chi connectivity index (χ2n) is 5.40. The molecule has 1 heterocycles. The molecule has 1 aliphatic heterocycles. The van der Waals surface area contributed by atoms with Crippen molar-refractivity contribution in [3.05, 3.63) is 41.5 Å². The third-order valence-corrected chi connectivity index (χ3v) is 4.00. The van der Waals surface area contributed by atoms with E-state index in [4.69, 9.17) is 0 Å². The molecular formula is C16H16N2O3. The van der Waals surface area contributed by atoms with Gasteiger partial charge in [0.05, 0.1) is 11.1 Å². The average Bonchev–Trinajstić information content (AvgIpc) is 2.73. The lowest BCUT2D eigenvalue weighted by molar-refractivity contribution is -0.120. The Morgan fingerprint density at radius 2 is 1.95 bits per heavy atom. The molecule has 1 aromatic rings. The van der Waals surface area contributed by atoms with E-state index in [1.807, 2.05) is 6.08 Å². The van der Waals surface area contributed by atoms with E-state index in [0.29, 0.717) is 16.8 Å². The number of hydrogen-bond donors (Lipinski definition) is 1. The van der Waals surface area contributed by atoms with Gasteiger partial charge >= 0.3 is 0 Å². The quantitative estimate of drug-likeness (QED) is 0.669. The molecule has 0 saturated heterocycles. The van der Waals surface area contributed by atoms with Crippen LogP contribution in [0.3, 0.4) is 0 Å². The molecule has 0 radical (unpaired) electrons. The Hall–Kier alpha value is -2.43. The summed E-state index contributed by atoms with van der Waals surface area (Å²) < 4.78 is 0. The van der Waals surface area contributed by atoms with Crippen LogP contribution in [0.2, 0.25) is 0 Å². The van der Waals surface area contributed by atoms with Crippen LogP contribution >= 0.6 is 0 Å². The van der Waals surface area contributed by atoms with Gasteiger partial charge in [-0.2, -0.15) is 0 Å². The summed E-state index contributed by atoms with van der Waals surface area (Å²) in [4.78, 5) is 37.0. The third-order valence-electron chi connectivity index (χ3n) is 4.00. The molecule has 3 amide bonds. The second-order valence-corrected chi connectivity index (χ2v) is 5.40. The van der Waals surface area contributed by atoms with Crippen molar-refractivity contribution in [3.8, 4) is 0 Å². The van der Waals surface area contributed by atoms with Crippen molar-refractivity contribution in [2.45, 2.75) is 19.3 Å². The molecule has 1 aromatic carbocycles. The molecule has 2 aliphatic rings. The number of benzene rings is 1. The summed E-state index contributed by atoms with van der Waals surface area (Å²) in [5.41, 5.74) is 1.30. The van der Waals surface area contributed by atoms with Gasteiger partial charge in [0.1, 0.15) is 0 Å². The van der Waals surface area contributed by atoms with Gasteiger partial charge < -0.3 is 5.32 Å². The molecule has 0 saturated carbocycles. The highest BCUT2D eigenvalue weighted by atomic mass is 16.2. The molecule has 1 atom stereocenters. The Morgan fingerprint density at radius 3 is 2.67 bits per heavy atom. The maximum atomic E-state index is 12.2. The largest absolute Gasteiger partial charge is 0.326 e. The third kappa shape index (κ3) is 2.35. The van der Waals surface area contributed by atoms with Crippen molar-refractivity contribution in [3.63, 3.8) is 0 Å². The molecule has 0 spiro atoms. The van der Waals surface area contributed by atoms with Crippen LogP contribution in [-0.4, -0.2) is 29.7 Å². The van der Waals surface area contributed by atoms with Crippen molar-refractivity contribution < 1.29 is 14.4 Å². The van der Waals surface area contributed by atoms with Crippen LogP contribution in [0.1, 0.15) is 40.0 Å². The highest BCUT2D eigenvalue weighted by Gasteiger charge is 2.32. The first-order chi connectivity index (χ1) is 10.1. The van der Waals surface area contributed by atoms with E-state index in [1.54, 1.807) is 18.2 Å². The number of carbonyl (C=O) groups excluding carboxylic acids is 3. The van der Waals surface area contributed by atoms with Crippen LogP contribution in [0.5, 0.6) is 0 Å². The Balaban J connectivity index is 1.79. The molecule has 0 aromatic heterocycles. The smallest absolute Gasteiger partial charge is 0.261 e. The van der Waals surface area contributed by atoms with E-state index in [-0.39, 0.29) is 23.6 Å². The minimum atomic E-state index is -0.327. The molecule has 21 heavy (non-hydrogen) atoms. The van der Waals surface area contributed by atoms with Gasteiger partial charge in [-0.1, -0.05) is 12.2 Å². The summed E-state index contributed by atoms with van der Waals surface area (Å²) >= 11 is 0. The van der Waals surface area contributed by atoms with Crippen molar-refractivity contribution >= 4 is 23.4 Å². The van der Waals surface area contributed by atoms with Crippen molar-refractivity contribution in [1.82, 2.24) is 4.90 Å². The van der Waals surface area contributed by atoms with E-state index in [0.717, 1.165) is 24.2 Å². The van der Waals surface area contributed by atoms with Crippen LogP contribution in [0, 0.1) is 5.92 Å². The van der Waals surface area contributed by atoms with Gasteiger partial charge in [-0.25, -0.2) is 0 Å². The second kappa shape index (κ2) is 5.16. The first-order valence-electron chi connectivity index (χ1n) is 7.00. The number of hydrogen-bond acceptors (Lipinski definition) is 3. The zero-order valence-electron chi connectivity index (χ0n) is 11.8. The van der Waals surface area contributed by atoms with E-state index in [2.05, 4.69) is 11.4 Å². The Labute approximate surface area is 122 Å². The molecule has 108 valence electrons. The van der Waals surface area contributed by atoms with Crippen LogP contribution < -0.4 is 5.32 Å². The lowest BCUT2D eigenvalue weighted by Crippen LogP contribution is -2.24. The summed E-state index contributed by atoms with van der Waals surface area (Å²) in [6.07, 6.45) is 6.61. The number of nitrogens with zero attached hydrogens (tertiary/aromatic N) is 1. The summed E-state index contributed by atoms with van der Waals surface area (Å²) in [5.74, 6) is -0.690. The van der Waals surface area contributed by atoms with Gasteiger partial charge in [-0.05, 0) is 37.5 Å². The number of fused-ring (bicyclic) bond motifs is 1. The van der Waals surface area contributed by atoms with E-state index in [1.165, 1.54) is 7.05 Å². The number of allylic oxidation sites excluding steroid dienone is 2. The fraction of sp³-hybridized carbons (Fsp3) is 0.312. The molecule has 1 aliphatic carbocycles. The number of amides is 3. The predicted octanol–water partition coefficient (Wildman–Crippen LogP) is 2.21. The summed E-state index contributed by atoms with van der Waals surface area (Å²) in [6.45, 7) is 0. The number of rotatable bonds is 2. The number of carbonyl (C=O) groups is 3. The van der Waals surface area contributed by atoms with Crippen LogP contribution in [0.25, 0.3) is 0 Å². The van der Waals surface area contributed by atoms with Gasteiger partial charge in [0.25, 0.3) is 11.8 Å². The van der Waals surface area contributed by atoms with E-state index < -0.39 is 0 Å². The molecule has 0 unspecified atom stereocenters. The fourth-order valence-electron chi connectivity index (χ4n) is 2.72. The number of imide groups is 1. The van der Waals surface area contributed by atoms with Crippen LogP contribution in [-0.2, 0) is 4.79 Å². The molecule has 0 bridgehead atoms. The summed E-state index contributed by atoms with van der Waals surface area (Å²) in [7, 11) is 1.46. The monoisotopic (exact) mass is 284 g/mol. The van der Waals surface area contributed by atoms with Gasteiger partial charge in [0.2, 0.25) is 5.91 Å². The normalized spacial score (nSPS) is 20.6. The Kier molecular flexibility index (Phi) is 3.33. The SMILES string of the molecule is CN1C(=O)c2ccc(NC(=O)[C@@H]3CC=CCC3)cc2C1=O. The Bertz CT molecular complexity index is 663. The highest BCUT2D eigenvalue weighted by molar-refractivity contribution is 6.21. The zero-order valence-corrected chi connectivity index (χ0v) is 11.8. The molecular weight excluding hydrogens is 268 g/mol. The Morgan fingerprint density at radius 1 is 1.19 bits per heavy atom. The summed E-state index contributed by atoms with van der Waals surface area (Å²) in [6, 6.07) is 4.84. The molecule has 1 N–H and O–H groups in total. The highest BCUT2D eigenvalue weighted by Crippen LogP contribution is 2.26. The van der Waals surface area contributed by atoms with Crippen LogP contribution in [0.4, 0.5) is 5.69 Å². The molecule has 5 nitrogen and oxygen atoms in total. The van der Waals surface area contributed by atoms with Gasteiger partial charge in [-0.3, -0.25) is 19.3 Å². The minimum absolute atomic E-state index is 0.0248. The standard InChI is InChI=1S/C16H16N2O3/c1-18-15(20)12-8-7-11(9-13(12)16(18)21)17-14(19)10-5-3-2-4-6-10/h2-3,7-10H,4-6H2,1H3,(H,17,19)/t10-/m1/s1. The fourth-order valence-corrected chi connectivity index (χ4v) is 2.72. The van der Waals surface area contributed by atoms with Gasteiger partial charge in [0.15, 0.2) is 0 Å². The number of anilines is 1. The first-order valence-corrected chi connectivity index (χ1v) is 7.00. The van der Waals surface area contributed by atoms with E-state index >= 15 is 0 Å². The first kappa shape index (κ1) is 13.5. The maximum Gasteiger partial charge on any atom is 0.261 e. The summed E-state index contributed by atoms with van der Waals surface area (Å²) in [5, 5.41) is 2.84.